The van der Waals surface area contributed by atoms with Gasteiger partial charge in [-0.05, 0) is 56.5 Å². The highest BCUT2D eigenvalue weighted by molar-refractivity contribution is 5.95. The molecular weight excluding hydrogens is 435 g/mol. The molecule has 0 aliphatic carbocycles. The molecule has 1 atom stereocenters. The number of halogens is 3. The fourth-order valence-corrected chi connectivity index (χ4v) is 4.08. The summed E-state index contributed by atoms with van der Waals surface area (Å²) in [5.74, 6) is 0.654. The van der Waals surface area contributed by atoms with E-state index in [-0.39, 0.29) is 18.3 Å². The quantitative estimate of drug-likeness (QED) is 0.504. The first-order chi connectivity index (χ1) is 15.8. The maximum atomic E-state index is 13.7. The van der Waals surface area contributed by atoms with Gasteiger partial charge in [0.2, 0.25) is 11.8 Å². The number of aliphatic imine (C=N–C) groups is 1. The van der Waals surface area contributed by atoms with Gasteiger partial charge in [-0.15, -0.1) is 0 Å². The molecule has 1 unspecified atom stereocenters. The molecule has 0 bridgehead atoms. The minimum Gasteiger partial charge on any atom is -0.476 e. The molecule has 0 aromatic carbocycles. The topological polar surface area (TPSA) is 102 Å². The van der Waals surface area contributed by atoms with E-state index < -0.39 is 17.4 Å². The van der Waals surface area contributed by atoms with Crippen molar-refractivity contribution in [1.82, 2.24) is 20.2 Å². The zero-order valence-corrected chi connectivity index (χ0v) is 18.1. The van der Waals surface area contributed by atoms with E-state index in [1.807, 2.05) is 29.1 Å². The third-order valence-electron chi connectivity index (χ3n) is 5.76. The molecule has 8 nitrogen and oxygen atoms in total. The first-order valence-electron chi connectivity index (χ1n) is 10.9. The molecule has 2 aliphatic heterocycles. The van der Waals surface area contributed by atoms with Crippen molar-refractivity contribution < 1.29 is 17.9 Å². The summed E-state index contributed by atoms with van der Waals surface area (Å²) in [5.41, 5.74) is 4.09. The van der Waals surface area contributed by atoms with E-state index in [2.05, 4.69) is 25.9 Å². The van der Waals surface area contributed by atoms with E-state index in [1.54, 1.807) is 12.1 Å². The van der Waals surface area contributed by atoms with Crippen LogP contribution in [0.25, 0.3) is 0 Å². The number of pyridine rings is 1. The van der Waals surface area contributed by atoms with Crippen molar-refractivity contribution in [2.45, 2.75) is 37.6 Å². The fraction of sp³-hybridized carbons (Fsp3) is 0.455. The Bertz CT molecular complexity index is 967. The van der Waals surface area contributed by atoms with Crippen LogP contribution in [0.2, 0.25) is 0 Å². The van der Waals surface area contributed by atoms with Crippen LogP contribution in [-0.2, 0) is 6.54 Å². The molecule has 5 N–H and O–H groups in total. The number of rotatable bonds is 7. The Kier molecular flexibility index (Phi) is 6.89. The van der Waals surface area contributed by atoms with Gasteiger partial charge in [0.1, 0.15) is 12.3 Å². The highest BCUT2D eigenvalue weighted by Gasteiger charge is 2.49. The van der Waals surface area contributed by atoms with Crippen LogP contribution in [0.1, 0.15) is 19.3 Å². The molecule has 11 heteroatoms. The van der Waals surface area contributed by atoms with Crippen molar-refractivity contribution in [1.29, 1.82) is 0 Å². The normalized spacial score (nSPS) is 21.7. The Hall–Kier alpha value is -3.05. The van der Waals surface area contributed by atoms with Crippen LogP contribution in [0.15, 0.2) is 59.6 Å². The van der Waals surface area contributed by atoms with Gasteiger partial charge in [0.05, 0.1) is 24.0 Å². The number of ether oxygens (including phenoxy) is 1. The monoisotopic (exact) mass is 463 g/mol. The number of nitrogens with zero attached hydrogens (tertiary/aromatic N) is 3. The van der Waals surface area contributed by atoms with Crippen LogP contribution >= 0.6 is 0 Å². The largest absolute Gasteiger partial charge is 0.476 e. The lowest BCUT2D eigenvalue weighted by Crippen LogP contribution is -2.52. The highest BCUT2D eigenvalue weighted by Crippen LogP contribution is 2.39. The Morgan fingerprint density at radius 2 is 1.97 bits per heavy atom. The lowest BCUT2D eigenvalue weighted by molar-refractivity contribution is -0.102. The number of hydrogen-bond acceptors (Lipinski definition) is 7. The van der Waals surface area contributed by atoms with Gasteiger partial charge in [-0.1, -0.05) is 0 Å². The summed E-state index contributed by atoms with van der Waals surface area (Å²) in [6.45, 7) is 2.69. The molecule has 0 spiro atoms. The molecule has 2 aliphatic rings. The molecule has 1 fully saturated rings. The predicted octanol–water partition coefficient (Wildman–Crippen LogP) is 2.82. The molecule has 0 radical (unpaired) electrons. The van der Waals surface area contributed by atoms with Crippen molar-refractivity contribution in [3.63, 3.8) is 0 Å². The van der Waals surface area contributed by atoms with Gasteiger partial charge in [-0.25, -0.2) is 9.98 Å². The first-order valence-corrected chi connectivity index (χ1v) is 10.9. The smallest absolute Gasteiger partial charge is 0.417 e. The summed E-state index contributed by atoms with van der Waals surface area (Å²) < 4.78 is 48.6. The molecule has 178 valence electrons. The van der Waals surface area contributed by atoms with Crippen LogP contribution < -0.4 is 26.4 Å². The Morgan fingerprint density at radius 3 is 2.64 bits per heavy atom. The number of aromatic nitrogens is 2. The second-order valence-corrected chi connectivity index (χ2v) is 8.26. The molecule has 33 heavy (non-hydrogen) atoms. The molecule has 4 heterocycles. The number of piperidine rings is 1. The predicted molar refractivity (Wildman–Crippen MR) is 120 cm³/mol. The molecule has 1 saturated heterocycles. The van der Waals surface area contributed by atoms with Gasteiger partial charge < -0.3 is 31.0 Å². The first kappa shape index (κ1) is 23.1. The van der Waals surface area contributed by atoms with Crippen LogP contribution in [-0.4, -0.2) is 47.0 Å². The van der Waals surface area contributed by atoms with E-state index in [0.717, 1.165) is 32.1 Å². The van der Waals surface area contributed by atoms with Crippen LogP contribution in [0.3, 0.4) is 0 Å². The van der Waals surface area contributed by atoms with Gasteiger partial charge in [-0.2, -0.15) is 13.2 Å². The fourth-order valence-electron chi connectivity index (χ4n) is 4.08. The Balaban J connectivity index is 1.40. The molecule has 0 saturated carbocycles. The zero-order valence-electron chi connectivity index (χ0n) is 18.1. The number of anilines is 1. The van der Waals surface area contributed by atoms with E-state index in [4.69, 9.17) is 10.5 Å². The SMILES string of the molecule is NC1(CC2CCNCC2)N=C(Nc2ccc(OCCn3cccc3)nc2)NC=C1C(F)(F)F. The van der Waals surface area contributed by atoms with Crippen LogP contribution in [0.5, 0.6) is 5.88 Å². The van der Waals surface area contributed by atoms with Gasteiger partial charge in [0.15, 0.2) is 0 Å². The average Bonchev–Trinajstić information content (AvgIpc) is 3.28. The highest BCUT2D eigenvalue weighted by atomic mass is 19.4. The Morgan fingerprint density at radius 1 is 1.21 bits per heavy atom. The summed E-state index contributed by atoms with van der Waals surface area (Å²) >= 11 is 0. The third-order valence-corrected chi connectivity index (χ3v) is 5.76. The van der Waals surface area contributed by atoms with Gasteiger partial charge >= 0.3 is 6.18 Å². The maximum absolute atomic E-state index is 13.7. The number of nitrogens with two attached hydrogens (primary N) is 1. The van der Waals surface area contributed by atoms with Crippen molar-refractivity contribution in [2.24, 2.45) is 16.6 Å². The minimum absolute atomic E-state index is 0.0646. The van der Waals surface area contributed by atoms with Gasteiger partial charge in [0.25, 0.3) is 0 Å². The summed E-state index contributed by atoms with van der Waals surface area (Å²) in [7, 11) is 0. The van der Waals surface area contributed by atoms with Crippen molar-refractivity contribution in [2.75, 3.05) is 25.0 Å². The summed E-state index contributed by atoms with van der Waals surface area (Å²) in [6, 6.07) is 7.28. The molecule has 2 aromatic heterocycles. The lowest BCUT2D eigenvalue weighted by Gasteiger charge is -2.37. The summed E-state index contributed by atoms with van der Waals surface area (Å²) in [5, 5.41) is 8.76. The van der Waals surface area contributed by atoms with Crippen molar-refractivity contribution in [3.8, 4) is 5.88 Å². The van der Waals surface area contributed by atoms with E-state index in [0.29, 0.717) is 24.7 Å². The third kappa shape index (κ3) is 6.05. The minimum atomic E-state index is -4.58. The average molecular weight is 464 g/mol. The molecule has 2 aromatic rings. The summed E-state index contributed by atoms with van der Waals surface area (Å²) in [4.78, 5) is 8.49. The summed E-state index contributed by atoms with van der Waals surface area (Å²) in [6.07, 6.45) is 3.42. The zero-order chi connectivity index (χ0) is 23.3. The lowest BCUT2D eigenvalue weighted by atomic mass is 9.84. The Labute approximate surface area is 190 Å². The van der Waals surface area contributed by atoms with Crippen LogP contribution in [0.4, 0.5) is 18.9 Å². The van der Waals surface area contributed by atoms with E-state index in [1.165, 1.54) is 6.20 Å². The standard InChI is InChI=1S/C22H28F3N7O/c23-22(24,25)18-15-29-20(31-21(18,26)13-16-5-7-27-8-6-16)30-17-3-4-19(28-14-17)33-12-11-32-9-1-2-10-32/h1-4,9-10,14-16,27H,5-8,11-13,26H2,(H2,29,30,31). The number of nitrogens with one attached hydrogen (secondary N) is 3. The number of alkyl halides is 3. The second-order valence-electron chi connectivity index (χ2n) is 8.26. The molecule has 4 rings (SSSR count). The van der Waals surface area contributed by atoms with Crippen molar-refractivity contribution in [3.05, 3.63) is 54.6 Å². The van der Waals surface area contributed by atoms with Gasteiger partial charge in [-0.3, -0.25) is 0 Å². The number of hydrogen-bond donors (Lipinski definition) is 4. The molecular formula is C22H28F3N7O. The molecule has 0 amide bonds. The van der Waals surface area contributed by atoms with E-state index in [9.17, 15) is 13.2 Å². The van der Waals surface area contributed by atoms with Crippen molar-refractivity contribution >= 4 is 11.6 Å². The van der Waals surface area contributed by atoms with Gasteiger partial charge in [0, 0.05) is 24.7 Å². The maximum Gasteiger partial charge on any atom is 0.417 e. The van der Waals surface area contributed by atoms with E-state index >= 15 is 0 Å². The second kappa shape index (κ2) is 9.84. The number of guanidine groups is 1. The van der Waals surface area contributed by atoms with Crippen LogP contribution in [0, 0.1) is 5.92 Å².